The van der Waals surface area contributed by atoms with Crippen LogP contribution in [0.4, 0.5) is 0 Å². The van der Waals surface area contributed by atoms with Crippen LogP contribution < -0.4 is 0 Å². The zero-order valence-corrected chi connectivity index (χ0v) is 32.9. The molecule has 10 heteroatoms. The summed E-state index contributed by atoms with van der Waals surface area (Å²) in [5, 5.41) is 9.97. The second-order valence-corrected chi connectivity index (χ2v) is 13.2. The van der Waals surface area contributed by atoms with Gasteiger partial charge in [-0.1, -0.05) is 135 Å². The fourth-order valence-electron chi connectivity index (χ4n) is 4.29. The van der Waals surface area contributed by atoms with Crippen molar-refractivity contribution in [1.82, 2.24) is 0 Å². The van der Waals surface area contributed by atoms with Crippen molar-refractivity contribution < 1.29 is 43.0 Å². The maximum Gasteiger partial charge on any atom is 0.469 e. The number of unbranched alkanes of at least 4 members (excludes halogenated alkanes) is 2. The van der Waals surface area contributed by atoms with Gasteiger partial charge in [-0.2, -0.15) is 0 Å². The molecule has 53 heavy (non-hydrogen) atoms. The molecule has 3 N–H and O–H groups in total. The molecule has 0 aromatic heterocycles. The lowest BCUT2D eigenvalue weighted by Gasteiger charge is -2.18. The standard InChI is InChI=1S/C43H65O9P/c1-3-5-7-9-11-12-13-14-15-16-17-18-19-20-24-28-32-36-42(45)50-38-41(39-51-53(47,48)49)52-43(46)37-33-29-25-22-21-23-27-31-35-40(44)34-30-26-10-8-6-4-2/h5-8,11-12,14-15,17-18,20,22-27,30-31,35,40-41,44H,3-4,9-10,13,16,19,21,28-29,32-34,36-39H2,1-2H3,(H2,47,48,49)/b7-5-,8-6-,12-11-,15-14-,18-17-,24-20-,25-22-,27-23-,30-26-,35-31+/t40?,41-/m1/s1. The van der Waals surface area contributed by atoms with Crippen LogP contribution in [0.5, 0.6) is 0 Å². The van der Waals surface area contributed by atoms with Crippen molar-refractivity contribution in [2.24, 2.45) is 0 Å². The molecular weight excluding hydrogens is 691 g/mol. The van der Waals surface area contributed by atoms with E-state index in [1.165, 1.54) is 0 Å². The number of carbonyl (C=O) groups is 2. The van der Waals surface area contributed by atoms with Crippen molar-refractivity contribution in [2.45, 2.75) is 122 Å². The number of allylic oxidation sites excluding steroid dienone is 18. The van der Waals surface area contributed by atoms with Gasteiger partial charge in [-0.3, -0.25) is 14.1 Å². The van der Waals surface area contributed by atoms with Gasteiger partial charge >= 0.3 is 19.8 Å². The minimum absolute atomic E-state index is 0.0811. The molecule has 9 nitrogen and oxygen atoms in total. The minimum atomic E-state index is -4.81. The molecule has 0 saturated heterocycles. The van der Waals surface area contributed by atoms with Crippen LogP contribution in [0.2, 0.25) is 0 Å². The lowest BCUT2D eigenvalue weighted by atomic mass is 10.2. The summed E-state index contributed by atoms with van der Waals surface area (Å²) in [6, 6.07) is 0. The molecule has 0 fully saturated rings. The van der Waals surface area contributed by atoms with Crippen molar-refractivity contribution in [3.05, 3.63) is 122 Å². The van der Waals surface area contributed by atoms with E-state index >= 15 is 0 Å². The van der Waals surface area contributed by atoms with E-state index in [0.717, 1.165) is 44.9 Å². The first-order valence-corrected chi connectivity index (χ1v) is 20.5. The number of hydrogen-bond donors (Lipinski definition) is 3. The molecule has 0 aliphatic carbocycles. The molecule has 0 bridgehead atoms. The number of phosphoric ester groups is 1. The van der Waals surface area contributed by atoms with Crippen molar-refractivity contribution >= 4 is 19.8 Å². The van der Waals surface area contributed by atoms with Crippen LogP contribution in [-0.4, -0.2) is 52.3 Å². The lowest BCUT2D eigenvalue weighted by Crippen LogP contribution is -2.29. The molecule has 0 radical (unpaired) electrons. The Hall–Kier alpha value is -3.59. The van der Waals surface area contributed by atoms with Gasteiger partial charge in [-0.25, -0.2) is 4.57 Å². The maximum atomic E-state index is 12.4. The second-order valence-electron chi connectivity index (χ2n) is 12.0. The van der Waals surface area contributed by atoms with Crippen LogP contribution in [0.15, 0.2) is 122 Å². The number of ether oxygens (including phenoxy) is 2. The zero-order valence-electron chi connectivity index (χ0n) is 32.0. The number of esters is 2. The van der Waals surface area contributed by atoms with E-state index in [-0.39, 0.29) is 19.4 Å². The Morgan fingerprint density at radius 3 is 1.55 bits per heavy atom. The molecule has 0 heterocycles. The Morgan fingerprint density at radius 2 is 1.04 bits per heavy atom. The number of hydrogen-bond acceptors (Lipinski definition) is 7. The predicted molar refractivity (Wildman–Crippen MR) is 217 cm³/mol. The van der Waals surface area contributed by atoms with Crippen LogP contribution in [-0.2, 0) is 28.2 Å². The smallest absolute Gasteiger partial charge is 0.462 e. The lowest BCUT2D eigenvalue weighted by molar-refractivity contribution is -0.161. The van der Waals surface area contributed by atoms with Gasteiger partial charge < -0.3 is 24.4 Å². The molecule has 0 saturated carbocycles. The molecule has 0 rings (SSSR count). The molecule has 2 atom stereocenters. The molecule has 1 unspecified atom stereocenters. The van der Waals surface area contributed by atoms with E-state index in [2.05, 4.69) is 79.1 Å². The van der Waals surface area contributed by atoms with Crippen LogP contribution in [0, 0.1) is 0 Å². The van der Waals surface area contributed by atoms with E-state index < -0.39 is 38.6 Å². The summed E-state index contributed by atoms with van der Waals surface area (Å²) in [6.45, 7) is 3.25. The van der Waals surface area contributed by atoms with Gasteiger partial charge in [0.25, 0.3) is 0 Å². The number of carbonyl (C=O) groups excluding carboxylic acids is 2. The summed E-state index contributed by atoms with van der Waals surface area (Å²) in [7, 11) is -4.81. The Kier molecular flexibility index (Phi) is 34.3. The molecule has 0 aliphatic heterocycles. The summed E-state index contributed by atoms with van der Waals surface area (Å²) >= 11 is 0. The van der Waals surface area contributed by atoms with Crippen LogP contribution in [0.25, 0.3) is 0 Å². The van der Waals surface area contributed by atoms with E-state index in [1.54, 1.807) is 6.08 Å². The molecule has 0 aromatic carbocycles. The molecule has 296 valence electrons. The summed E-state index contributed by atoms with van der Waals surface area (Å²) in [6.07, 6.45) is 49.6. The van der Waals surface area contributed by atoms with Crippen LogP contribution >= 0.6 is 7.82 Å². The quantitative estimate of drug-likeness (QED) is 0.0201. The van der Waals surface area contributed by atoms with Gasteiger partial charge in [-0.15, -0.1) is 0 Å². The predicted octanol–water partition coefficient (Wildman–Crippen LogP) is 10.4. The van der Waals surface area contributed by atoms with Crippen molar-refractivity contribution in [3.8, 4) is 0 Å². The van der Waals surface area contributed by atoms with E-state index in [0.29, 0.717) is 38.5 Å². The van der Waals surface area contributed by atoms with Crippen molar-refractivity contribution in [1.29, 1.82) is 0 Å². The minimum Gasteiger partial charge on any atom is -0.462 e. The number of aliphatic hydroxyl groups excluding tert-OH is 1. The van der Waals surface area contributed by atoms with E-state index in [4.69, 9.17) is 19.3 Å². The van der Waals surface area contributed by atoms with E-state index in [1.807, 2.05) is 54.7 Å². The average molecular weight is 757 g/mol. The number of rotatable bonds is 32. The number of aliphatic hydroxyl groups is 1. The molecule has 0 spiro atoms. The Labute approximate surface area is 319 Å². The van der Waals surface area contributed by atoms with Gasteiger partial charge in [0.05, 0.1) is 12.7 Å². The van der Waals surface area contributed by atoms with Crippen LogP contribution in [0.3, 0.4) is 0 Å². The third-order valence-electron chi connectivity index (χ3n) is 7.06. The first-order valence-electron chi connectivity index (χ1n) is 18.9. The van der Waals surface area contributed by atoms with Gasteiger partial charge in [0, 0.05) is 12.8 Å². The van der Waals surface area contributed by atoms with Crippen molar-refractivity contribution in [3.63, 3.8) is 0 Å². The highest BCUT2D eigenvalue weighted by Gasteiger charge is 2.22. The first-order chi connectivity index (χ1) is 25.7. The summed E-state index contributed by atoms with van der Waals surface area (Å²) < 4.78 is 26.2. The topological polar surface area (TPSA) is 140 Å². The largest absolute Gasteiger partial charge is 0.469 e. The average Bonchev–Trinajstić information content (AvgIpc) is 3.12. The van der Waals surface area contributed by atoms with Crippen molar-refractivity contribution in [2.75, 3.05) is 13.2 Å². The summed E-state index contributed by atoms with van der Waals surface area (Å²) in [4.78, 5) is 42.7. The third kappa shape index (κ3) is 39.5. The molecule has 0 aromatic rings. The zero-order chi connectivity index (χ0) is 39.1. The monoisotopic (exact) mass is 756 g/mol. The highest BCUT2D eigenvalue weighted by Crippen LogP contribution is 2.35. The molecule has 0 amide bonds. The highest BCUT2D eigenvalue weighted by atomic mass is 31.2. The Balaban J connectivity index is 4.27. The highest BCUT2D eigenvalue weighted by molar-refractivity contribution is 7.46. The fourth-order valence-corrected chi connectivity index (χ4v) is 4.65. The fraction of sp³-hybridized carbons (Fsp3) is 0.488. The summed E-state index contributed by atoms with van der Waals surface area (Å²) in [5.74, 6) is -1.08. The third-order valence-corrected chi connectivity index (χ3v) is 7.54. The van der Waals surface area contributed by atoms with Gasteiger partial charge in [0.15, 0.2) is 6.10 Å². The Morgan fingerprint density at radius 1 is 0.585 bits per heavy atom. The van der Waals surface area contributed by atoms with Gasteiger partial charge in [-0.05, 0) is 83.5 Å². The maximum absolute atomic E-state index is 12.4. The van der Waals surface area contributed by atoms with Crippen LogP contribution in [0.1, 0.15) is 110 Å². The molecule has 0 aliphatic rings. The summed E-state index contributed by atoms with van der Waals surface area (Å²) in [5.41, 5.74) is 0. The Bertz CT molecular complexity index is 1280. The van der Waals surface area contributed by atoms with E-state index in [9.17, 15) is 19.3 Å². The first kappa shape index (κ1) is 49.4. The SMILES string of the molecule is CC/C=C\C/C=C\C/C=C\C/C=C\C/C=C\CCCC(=O)OC[C@H](COP(=O)(O)O)OC(=O)CCC/C=C\C/C=C\C=C\C(O)C/C=C\C/C=C\CC. The van der Waals surface area contributed by atoms with Gasteiger partial charge in [0.1, 0.15) is 6.61 Å². The second kappa shape index (κ2) is 36.8. The normalized spacial score (nSPS) is 14.4. The van der Waals surface area contributed by atoms with Gasteiger partial charge in [0.2, 0.25) is 0 Å². The number of phosphoric acid groups is 1. The molecular formula is C43H65O9P.